The smallest absolute Gasteiger partial charge is 0.328 e. The van der Waals surface area contributed by atoms with Crippen molar-refractivity contribution in [2.45, 2.75) is 38.3 Å². The second kappa shape index (κ2) is 5.46. The number of carbonyl (C=O) groups is 3. The molecule has 7 nitrogen and oxygen atoms in total. The number of piperazine rings is 1. The predicted molar refractivity (Wildman–Crippen MR) is 66.6 cm³/mol. The molecule has 0 spiro atoms. The fraction of sp³-hybridized carbons (Fsp3) is 0.750. The molecule has 2 unspecified atom stereocenters. The molecule has 2 fully saturated rings. The molecule has 2 saturated heterocycles. The fourth-order valence-electron chi connectivity index (χ4n) is 2.61. The van der Waals surface area contributed by atoms with Crippen molar-refractivity contribution in [3.8, 4) is 0 Å². The quantitative estimate of drug-likeness (QED) is 0.693. The van der Waals surface area contributed by atoms with Crippen LogP contribution in [0.25, 0.3) is 0 Å². The average molecular weight is 269 g/mol. The number of hydrogen-bond donors (Lipinski definition) is 2. The van der Waals surface area contributed by atoms with Gasteiger partial charge in [-0.15, -0.1) is 0 Å². The van der Waals surface area contributed by atoms with Crippen molar-refractivity contribution < 1.29 is 19.5 Å². The molecule has 0 bridgehead atoms. The minimum atomic E-state index is -1.09. The van der Waals surface area contributed by atoms with Crippen molar-refractivity contribution in [3.05, 3.63) is 0 Å². The third-order valence-corrected chi connectivity index (χ3v) is 3.76. The molecule has 7 heteroatoms. The Balaban J connectivity index is 2.13. The number of likely N-dealkylation sites (tertiary alicyclic amines) is 1. The molecule has 19 heavy (non-hydrogen) atoms. The van der Waals surface area contributed by atoms with Crippen LogP contribution < -0.4 is 5.32 Å². The SMILES string of the molecule is CC1CCCCN1C(=O)N1CC(=O)NCC1C(=O)O. The maximum Gasteiger partial charge on any atom is 0.328 e. The Labute approximate surface area is 111 Å². The first-order chi connectivity index (χ1) is 9.00. The third-order valence-electron chi connectivity index (χ3n) is 3.76. The summed E-state index contributed by atoms with van der Waals surface area (Å²) in [6.45, 7) is 2.38. The Morgan fingerprint density at radius 2 is 2.05 bits per heavy atom. The normalized spacial score (nSPS) is 27.9. The van der Waals surface area contributed by atoms with Crippen LogP contribution in [-0.2, 0) is 9.59 Å². The van der Waals surface area contributed by atoms with Gasteiger partial charge in [0, 0.05) is 19.1 Å². The first kappa shape index (κ1) is 13.6. The van der Waals surface area contributed by atoms with Crippen LogP contribution in [0.5, 0.6) is 0 Å². The molecule has 0 saturated carbocycles. The Morgan fingerprint density at radius 1 is 1.32 bits per heavy atom. The Bertz CT molecular complexity index is 398. The number of aliphatic carboxylic acids is 1. The van der Waals surface area contributed by atoms with Gasteiger partial charge in [-0.1, -0.05) is 0 Å². The number of carboxylic acids is 1. The maximum absolute atomic E-state index is 12.4. The van der Waals surface area contributed by atoms with E-state index in [1.165, 1.54) is 4.90 Å². The Hall–Kier alpha value is -1.79. The summed E-state index contributed by atoms with van der Waals surface area (Å²) in [5.41, 5.74) is 0. The van der Waals surface area contributed by atoms with Gasteiger partial charge in [-0.3, -0.25) is 9.69 Å². The summed E-state index contributed by atoms with van der Waals surface area (Å²) in [4.78, 5) is 37.9. The third kappa shape index (κ3) is 2.80. The molecule has 2 aliphatic heterocycles. The topological polar surface area (TPSA) is 90.0 Å². The lowest BCUT2D eigenvalue weighted by molar-refractivity contribution is -0.144. The molecule has 3 amide bonds. The van der Waals surface area contributed by atoms with Crippen LogP contribution in [0.4, 0.5) is 4.79 Å². The number of rotatable bonds is 1. The largest absolute Gasteiger partial charge is 0.480 e. The highest BCUT2D eigenvalue weighted by atomic mass is 16.4. The summed E-state index contributed by atoms with van der Waals surface area (Å²) >= 11 is 0. The summed E-state index contributed by atoms with van der Waals surface area (Å²) < 4.78 is 0. The molecular weight excluding hydrogens is 250 g/mol. The van der Waals surface area contributed by atoms with Gasteiger partial charge in [0.15, 0.2) is 0 Å². The lowest BCUT2D eigenvalue weighted by Crippen LogP contribution is -2.63. The number of carbonyl (C=O) groups excluding carboxylic acids is 2. The molecule has 2 N–H and O–H groups in total. The van der Waals surface area contributed by atoms with E-state index >= 15 is 0 Å². The number of urea groups is 1. The van der Waals surface area contributed by atoms with Gasteiger partial charge in [-0.25, -0.2) is 9.59 Å². The van der Waals surface area contributed by atoms with Gasteiger partial charge in [0.2, 0.25) is 5.91 Å². The number of nitrogens with one attached hydrogen (secondary N) is 1. The second-order valence-corrected chi connectivity index (χ2v) is 5.11. The van der Waals surface area contributed by atoms with Gasteiger partial charge in [-0.2, -0.15) is 0 Å². The molecule has 0 aromatic heterocycles. The second-order valence-electron chi connectivity index (χ2n) is 5.11. The number of nitrogens with zero attached hydrogens (tertiary/aromatic N) is 2. The van der Waals surface area contributed by atoms with Crippen LogP contribution in [0.1, 0.15) is 26.2 Å². The van der Waals surface area contributed by atoms with E-state index in [1.54, 1.807) is 4.90 Å². The van der Waals surface area contributed by atoms with E-state index in [0.717, 1.165) is 19.3 Å². The highest BCUT2D eigenvalue weighted by Gasteiger charge is 2.38. The molecule has 106 valence electrons. The van der Waals surface area contributed by atoms with Crippen molar-refractivity contribution in [2.75, 3.05) is 19.6 Å². The lowest BCUT2D eigenvalue weighted by Gasteiger charge is -2.40. The molecule has 2 atom stereocenters. The Kier molecular flexibility index (Phi) is 3.92. The van der Waals surface area contributed by atoms with Crippen LogP contribution in [0.2, 0.25) is 0 Å². The monoisotopic (exact) mass is 269 g/mol. The zero-order valence-corrected chi connectivity index (χ0v) is 11.0. The molecule has 0 aliphatic carbocycles. The van der Waals surface area contributed by atoms with Crippen LogP contribution in [0, 0.1) is 0 Å². The van der Waals surface area contributed by atoms with E-state index in [-0.39, 0.29) is 31.1 Å². The summed E-state index contributed by atoms with van der Waals surface area (Å²) in [6.07, 6.45) is 2.92. The number of piperidine rings is 1. The maximum atomic E-state index is 12.4. The highest BCUT2D eigenvalue weighted by Crippen LogP contribution is 2.19. The fourth-order valence-corrected chi connectivity index (χ4v) is 2.61. The number of carboxylic acid groups (broad SMARTS) is 1. The van der Waals surface area contributed by atoms with Crippen molar-refractivity contribution >= 4 is 17.9 Å². The molecule has 2 aliphatic rings. The minimum absolute atomic E-state index is 0.0257. The zero-order chi connectivity index (χ0) is 14.0. The summed E-state index contributed by atoms with van der Waals surface area (Å²) in [5, 5.41) is 11.6. The van der Waals surface area contributed by atoms with Gasteiger partial charge in [0.05, 0.1) is 0 Å². The minimum Gasteiger partial charge on any atom is -0.480 e. The van der Waals surface area contributed by atoms with Crippen molar-refractivity contribution in [2.24, 2.45) is 0 Å². The Morgan fingerprint density at radius 3 is 2.68 bits per heavy atom. The van der Waals surface area contributed by atoms with E-state index in [0.29, 0.717) is 6.54 Å². The van der Waals surface area contributed by atoms with Gasteiger partial charge >= 0.3 is 12.0 Å². The summed E-state index contributed by atoms with van der Waals surface area (Å²) in [5.74, 6) is -1.39. The molecular formula is C12H19N3O4. The highest BCUT2D eigenvalue weighted by molar-refractivity contribution is 5.90. The van der Waals surface area contributed by atoms with Gasteiger partial charge in [0.25, 0.3) is 0 Å². The number of hydrogen-bond acceptors (Lipinski definition) is 3. The van der Waals surface area contributed by atoms with Crippen molar-refractivity contribution in [3.63, 3.8) is 0 Å². The standard InChI is InChI=1S/C12H19N3O4/c1-8-4-2-3-5-14(8)12(19)15-7-10(16)13-6-9(15)11(17)18/h8-9H,2-7H2,1H3,(H,13,16)(H,17,18). The first-order valence-electron chi connectivity index (χ1n) is 6.57. The predicted octanol–water partition coefficient (Wildman–Crippen LogP) is -0.134. The molecule has 0 radical (unpaired) electrons. The number of amides is 3. The summed E-state index contributed by atoms with van der Waals surface area (Å²) in [7, 11) is 0. The van der Waals surface area contributed by atoms with Gasteiger partial charge < -0.3 is 15.3 Å². The van der Waals surface area contributed by atoms with Gasteiger partial charge in [0.1, 0.15) is 12.6 Å². The van der Waals surface area contributed by atoms with Crippen molar-refractivity contribution in [1.29, 1.82) is 0 Å². The first-order valence-corrected chi connectivity index (χ1v) is 6.57. The van der Waals surface area contributed by atoms with Crippen LogP contribution >= 0.6 is 0 Å². The van der Waals surface area contributed by atoms with Crippen molar-refractivity contribution in [1.82, 2.24) is 15.1 Å². The van der Waals surface area contributed by atoms with E-state index < -0.39 is 12.0 Å². The lowest BCUT2D eigenvalue weighted by atomic mass is 10.0. The average Bonchev–Trinajstić information content (AvgIpc) is 2.38. The van der Waals surface area contributed by atoms with E-state index in [4.69, 9.17) is 5.11 Å². The molecule has 2 rings (SSSR count). The zero-order valence-electron chi connectivity index (χ0n) is 11.0. The van der Waals surface area contributed by atoms with Crippen LogP contribution in [0.3, 0.4) is 0 Å². The van der Waals surface area contributed by atoms with E-state index in [9.17, 15) is 14.4 Å². The van der Waals surface area contributed by atoms with E-state index in [1.807, 2.05) is 6.92 Å². The van der Waals surface area contributed by atoms with Crippen LogP contribution in [0.15, 0.2) is 0 Å². The molecule has 0 aromatic carbocycles. The molecule has 2 heterocycles. The van der Waals surface area contributed by atoms with Gasteiger partial charge in [-0.05, 0) is 26.2 Å². The van der Waals surface area contributed by atoms with E-state index in [2.05, 4.69) is 5.32 Å². The molecule has 0 aromatic rings. The van der Waals surface area contributed by atoms with Crippen LogP contribution in [-0.4, -0.2) is 64.5 Å². The summed E-state index contributed by atoms with van der Waals surface area (Å²) in [6, 6.07) is -1.21.